The van der Waals surface area contributed by atoms with Crippen LogP contribution in [0.15, 0.2) is 53.6 Å². The van der Waals surface area contributed by atoms with E-state index in [-0.39, 0.29) is 23.3 Å². The fourth-order valence-corrected chi connectivity index (χ4v) is 4.24. The molecule has 7 heteroatoms. The molecule has 1 aliphatic heterocycles. The molecule has 0 radical (unpaired) electrons. The molecule has 0 aliphatic carbocycles. The van der Waals surface area contributed by atoms with Gasteiger partial charge in [0, 0.05) is 31.0 Å². The van der Waals surface area contributed by atoms with Crippen LogP contribution in [0, 0.1) is 11.7 Å². The van der Waals surface area contributed by atoms with Crippen molar-refractivity contribution in [1.29, 1.82) is 0 Å². The van der Waals surface area contributed by atoms with Crippen LogP contribution in [-0.2, 0) is 22.6 Å². The van der Waals surface area contributed by atoms with Crippen molar-refractivity contribution in [2.24, 2.45) is 5.92 Å². The standard InChI is InChI=1S/C24H26FN3O3/c1-2-31-24(30)19-4-3-11-27(15-19)16-20-12-18-5-6-21(25)13-22(18)28(23(20)29)14-17-7-9-26-10-8-17/h5-10,12-13,19H,2-4,11,14-16H2,1H3/t19-/m0/s1. The molecular formula is C24H26FN3O3. The highest BCUT2D eigenvalue weighted by molar-refractivity contribution is 5.80. The molecule has 2 aromatic heterocycles. The van der Waals surface area contributed by atoms with Crippen molar-refractivity contribution in [2.45, 2.75) is 32.9 Å². The Bertz CT molecular complexity index is 1130. The van der Waals surface area contributed by atoms with Crippen LogP contribution in [0.2, 0.25) is 0 Å². The van der Waals surface area contributed by atoms with Gasteiger partial charge >= 0.3 is 5.97 Å². The van der Waals surface area contributed by atoms with Crippen molar-refractivity contribution < 1.29 is 13.9 Å². The Morgan fingerprint density at radius 2 is 2.00 bits per heavy atom. The lowest BCUT2D eigenvalue weighted by atomic mass is 9.97. The molecule has 0 unspecified atom stereocenters. The maximum atomic E-state index is 14.0. The van der Waals surface area contributed by atoms with Crippen LogP contribution >= 0.6 is 0 Å². The number of carbonyl (C=O) groups is 1. The van der Waals surface area contributed by atoms with E-state index in [1.54, 1.807) is 23.0 Å². The summed E-state index contributed by atoms with van der Waals surface area (Å²) in [6, 6.07) is 10.0. The van der Waals surface area contributed by atoms with E-state index >= 15 is 0 Å². The summed E-state index contributed by atoms with van der Waals surface area (Å²) < 4.78 is 20.8. The number of hydrogen-bond donors (Lipinski definition) is 0. The second-order valence-electron chi connectivity index (χ2n) is 7.95. The minimum atomic E-state index is -0.378. The summed E-state index contributed by atoms with van der Waals surface area (Å²) in [4.78, 5) is 31.7. The van der Waals surface area contributed by atoms with Crippen molar-refractivity contribution >= 4 is 16.9 Å². The van der Waals surface area contributed by atoms with Gasteiger partial charge in [-0.3, -0.25) is 19.5 Å². The molecule has 1 aromatic carbocycles. The zero-order valence-corrected chi connectivity index (χ0v) is 17.6. The van der Waals surface area contributed by atoms with E-state index < -0.39 is 0 Å². The highest BCUT2D eigenvalue weighted by Gasteiger charge is 2.27. The van der Waals surface area contributed by atoms with Crippen LogP contribution in [0.25, 0.3) is 10.9 Å². The average molecular weight is 423 g/mol. The van der Waals surface area contributed by atoms with E-state index in [2.05, 4.69) is 9.88 Å². The van der Waals surface area contributed by atoms with Gasteiger partial charge in [0.05, 0.1) is 24.6 Å². The summed E-state index contributed by atoms with van der Waals surface area (Å²) in [5, 5.41) is 0.809. The Labute approximate surface area is 180 Å². The molecule has 3 heterocycles. The second-order valence-corrected chi connectivity index (χ2v) is 7.95. The summed E-state index contributed by atoms with van der Waals surface area (Å²) in [5.41, 5.74) is 1.97. The zero-order chi connectivity index (χ0) is 21.8. The number of nitrogens with zero attached hydrogens (tertiary/aromatic N) is 3. The molecule has 0 N–H and O–H groups in total. The van der Waals surface area contributed by atoms with E-state index in [4.69, 9.17) is 4.74 Å². The number of piperidine rings is 1. The third-order valence-corrected chi connectivity index (χ3v) is 5.74. The molecule has 1 saturated heterocycles. The minimum Gasteiger partial charge on any atom is -0.466 e. The van der Waals surface area contributed by atoms with Gasteiger partial charge in [-0.25, -0.2) is 4.39 Å². The predicted octanol–water partition coefficient (Wildman–Crippen LogP) is 3.36. The van der Waals surface area contributed by atoms with E-state index in [0.717, 1.165) is 30.3 Å². The Balaban J connectivity index is 1.66. The molecule has 31 heavy (non-hydrogen) atoms. The number of hydrogen-bond acceptors (Lipinski definition) is 5. The highest BCUT2D eigenvalue weighted by atomic mass is 19.1. The van der Waals surface area contributed by atoms with Crippen LogP contribution in [-0.4, -0.2) is 40.1 Å². The van der Waals surface area contributed by atoms with Crippen molar-refractivity contribution in [1.82, 2.24) is 14.5 Å². The van der Waals surface area contributed by atoms with Crippen LogP contribution < -0.4 is 5.56 Å². The fourth-order valence-electron chi connectivity index (χ4n) is 4.24. The van der Waals surface area contributed by atoms with Gasteiger partial charge in [-0.05, 0) is 73.7 Å². The molecule has 1 aliphatic rings. The first kappa shape index (κ1) is 21.2. The number of benzene rings is 1. The summed E-state index contributed by atoms with van der Waals surface area (Å²) >= 11 is 0. The lowest BCUT2D eigenvalue weighted by Crippen LogP contribution is -2.40. The van der Waals surface area contributed by atoms with Gasteiger partial charge in [0.25, 0.3) is 5.56 Å². The summed E-state index contributed by atoms with van der Waals surface area (Å²) in [7, 11) is 0. The van der Waals surface area contributed by atoms with Crippen molar-refractivity contribution in [3.63, 3.8) is 0 Å². The normalized spacial score (nSPS) is 17.0. The molecule has 1 fully saturated rings. The van der Waals surface area contributed by atoms with Crippen molar-refractivity contribution in [2.75, 3.05) is 19.7 Å². The molecule has 162 valence electrons. The fraction of sp³-hybridized carbons (Fsp3) is 0.375. The molecule has 0 bridgehead atoms. The van der Waals surface area contributed by atoms with E-state index in [1.165, 1.54) is 12.1 Å². The van der Waals surface area contributed by atoms with Crippen LogP contribution in [0.5, 0.6) is 0 Å². The second kappa shape index (κ2) is 9.39. The maximum absolute atomic E-state index is 14.0. The summed E-state index contributed by atoms with van der Waals surface area (Å²) in [5.74, 6) is -0.713. The largest absolute Gasteiger partial charge is 0.466 e. The van der Waals surface area contributed by atoms with Gasteiger partial charge in [0.2, 0.25) is 0 Å². The lowest BCUT2D eigenvalue weighted by Gasteiger charge is -2.31. The van der Waals surface area contributed by atoms with Crippen LogP contribution in [0.4, 0.5) is 4.39 Å². The smallest absolute Gasteiger partial charge is 0.310 e. The van der Waals surface area contributed by atoms with Gasteiger partial charge in [-0.2, -0.15) is 0 Å². The number of halogens is 1. The Morgan fingerprint density at radius 3 is 2.77 bits per heavy atom. The number of esters is 1. The van der Waals surface area contributed by atoms with Gasteiger partial charge in [0.1, 0.15) is 5.82 Å². The molecular weight excluding hydrogens is 397 g/mol. The Hall–Kier alpha value is -3.06. The van der Waals surface area contributed by atoms with E-state index in [9.17, 15) is 14.0 Å². The van der Waals surface area contributed by atoms with E-state index in [0.29, 0.717) is 37.3 Å². The molecule has 0 saturated carbocycles. The monoisotopic (exact) mass is 423 g/mol. The Kier molecular flexibility index (Phi) is 6.42. The average Bonchev–Trinajstić information content (AvgIpc) is 2.78. The third kappa shape index (κ3) is 4.82. The van der Waals surface area contributed by atoms with Crippen LogP contribution in [0.3, 0.4) is 0 Å². The highest BCUT2D eigenvalue weighted by Crippen LogP contribution is 2.21. The predicted molar refractivity (Wildman–Crippen MR) is 116 cm³/mol. The number of ether oxygens (including phenoxy) is 1. The van der Waals surface area contributed by atoms with E-state index in [1.807, 2.05) is 25.1 Å². The van der Waals surface area contributed by atoms with Crippen LogP contribution in [0.1, 0.15) is 30.9 Å². The summed E-state index contributed by atoms with van der Waals surface area (Å²) in [6.07, 6.45) is 5.04. The summed E-state index contributed by atoms with van der Waals surface area (Å²) in [6.45, 7) is 4.35. The van der Waals surface area contributed by atoms with Gasteiger partial charge in [-0.1, -0.05) is 0 Å². The lowest BCUT2D eigenvalue weighted by molar-refractivity contribution is -0.150. The zero-order valence-electron chi connectivity index (χ0n) is 17.6. The Morgan fingerprint density at radius 1 is 1.19 bits per heavy atom. The first-order valence-corrected chi connectivity index (χ1v) is 10.6. The SMILES string of the molecule is CCOC(=O)[C@H]1CCCN(Cc2cc3ccc(F)cc3n(Cc3ccncc3)c2=O)C1. The number of rotatable bonds is 6. The first-order valence-electron chi connectivity index (χ1n) is 10.6. The van der Waals surface area contributed by atoms with Gasteiger partial charge in [0.15, 0.2) is 0 Å². The maximum Gasteiger partial charge on any atom is 0.310 e. The molecule has 3 aromatic rings. The first-order chi connectivity index (χ1) is 15.0. The molecule has 0 spiro atoms. The molecule has 1 atom stereocenters. The number of aromatic nitrogens is 2. The number of fused-ring (bicyclic) bond motifs is 1. The molecule has 4 rings (SSSR count). The molecule has 0 amide bonds. The number of pyridine rings is 2. The quantitative estimate of drug-likeness (QED) is 0.569. The molecule has 6 nitrogen and oxygen atoms in total. The van der Waals surface area contributed by atoms with Gasteiger partial charge in [-0.15, -0.1) is 0 Å². The van der Waals surface area contributed by atoms with Crippen molar-refractivity contribution in [3.05, 3.63) is 76.1 Å². The third-order valence-electron chi connectivity index (χ3n) is 5.74. The number of carbonyl (C=O) groups excluding carboxylic acids is 1. The van der Waals surface area contributed by atoms with Gasteiger partial charge < -0.3 is 9.30 Å². The topological polar surface area (TPSA) is 64.4 Å². The van der Waals surface area contributed by atoms with Crippen molar-refractivity contribution in [3.8, 4) is 0 Å². The minimum absolute atomic E-state index is 0.145. The number of likely N-dealkylation sites (tertiary alicyclic amines) is 1.